The van der Waals surface area contributed by atoms with Gasteiger partial charge in [-0.15, -0.1) is 0 Å². The molecule has 0 heterocycles. The van der Waals surface area contributed by atoms with Crippen LogP contribution in [0.4, 0.5) is 0 Å². The number of methoxy groups -OCH3 is 1. The molecule has 0 aliphatic carbocycles. The Labute approximate surface area is 95.4 Å². The number of carboxylic acid groups (broad SMARTS) is 1. The van der Waals surface area contributed by atoms with Gasteiger partial charge < -0.3 is 9.84 Å². The van der Waals surface area contributed by atoms with Gasteiger partial charge in [0.05, 0.1) is 7.11 Å². The Morgan fingerprint density at radius 2 is 2.00 bits per heavy atom. The molecule has 0 aromatic heterocycles. The predicted molar refractivity (Wildman–Crippen MR) is 62.7 cm³/mol. The maximum absolute atomic E-state index is 10.5. The molecule has 86 valence electrons. The molecule has 0 fully saturated rings. The van der Waals surface area contributed by atoms with Gasteiger partial charge in [0.15, 0.2) is 0 Å². The minimum Gasteiger partial charge on any atom is -0.497 e. The summed E-state index contributed by atoms with van der Waals surface area (Å²) in [5, 5.41) is 8.63. The molecule has 0 aliphatic heterocycles. The lowest BCUT2D eigenvalue weighted by Gasteiger charge is -2.03. The summed E-state index contributed by atoms with van der Waals surface area (Å²) in [5.41, 5.74) is 1.45. The monoisotopic (exact) mass is 220 g/mol. The summed E-state index contributed by atoms with van der Waals surface area (Å²) in [6.07, 6.45) is 2.19. The molecule has 0 aliphatic rings. The Balaban J connectivity index is 2.37. The van der Waals surface area contributed by atoms with Crippen LogP contribution in [0.3, 0.4) is 0 Å². The van der Waals surface area contributed by atoms with Crippen LogP contribution in [0.25, 0.3) is 0 Å². The van der Waals surface area contributed by atoms with Crippen molar-refractivity contribution in [1.82, 2.24) is 0 Å². The van der Waals surface area contributed by atoms with Crippen molar-refractivity contribution in [2.24, 2.45) is 0 Å². The quantitative estimate of drug-likeness (QED) is 0.750. The van der Waals surface area contributed by atoms with E-state index in [1.165, 1.54) is 5.56 Å². The molecule has 1 aromatic carbocycles. The standard InChI is InChI=1S/C13H16O3/c1-10(13(14)15)4-3-5-11-6-8-12(16-2)9-7-11/h6-9H,1,3-5H2,2H3,(H,14,15). The van der Waals surface area contributed by atoms with E-state index in [-0.39, 0.29) is 5.57 Å². The van der Waals surface area contributed by atoms with Crippen molar-refractivity contribution in [3.05, 3.63) is 42.0 Å². The highest BCUT2D eigenvalue weighted by atomic mass is 16.5. The second-order valence-corrected chi connectivity index (χ2v) is 3.61. The topological polar surface area (TPSA) is 46.5 Å². The molecule has 0 unspecified atom stereocenters. The summed E-state index contributed by atoms with van der Waals surface area (Å²) in [5.74, 6) is -0.0755. The van der Waals surface area contributed by atoms with Gasteiger partial charge in [0, 0.05) is 5.57 Å². The van der Waals surface area contributed by atoms with Gasteiger partial charge >= 0.3 is 5.97 Å². The van der Waals surface area contributed by atoms with Gasteiger partial charge in [-0.3, -0.25) is 0 Å². The second kappa shape index (κ2) is 5.95. The fourth-order valence-corrected chi connectivity index (χ4v) is 1.41. The van der Waals surface area contributed by atoms with E-state index in [9.17, 15) is 4.79 Å². The number of hydrogen-bond acceptors (Lipinski definition) is 2. The minimum absolute atomic E-state index is 0.272. The maximum Gasteiger partial charge on any atom is 0.330 e. The van der Waals surface area contributed by atoms with Crippen molar-refractivity contribution in [3.63, 3.8) is 0 Å². The van der Waals surface area contributed by atoms with Crippen molar-refractivity contribution >= 4 is 5.97 Å². The highest BCUT2D eigenvalue weighted by Crippen LogP contribution is 2.14. The molecule has 1 rings (SSSR count). The average molecular weight is 220 g/mol. The molecule has 3 heteroatoms. The maximum atomic E-state index is 10.5. The van der Waals surface area contributed by atoms with Gasteiger partial charge in [-0.2, -0.15) is 0 Å². The van der Waals surface area contributed by atoms with Gasteiger partial charge in [0.25, 0.3) is 0 Å². The van der Waals surface area contributed by atoms with Crippen LogP contribution in [0.15, 0.2) is 36.4 Å². The van der Waals surface area contributed by atoms with Crippen molar-refractivity contribution < 1.29 is 14.6 Å². The molecule has 0 bridgehead atoms. The number of ether oxygens (including phenoxy) is 1. The van der Waals surface area contributed by atoms with Crippen LogP contribution < -0.4 is 4.74 Å². The molecule has 0 radical (unpaired) electrons. The smallest absolute Gasteiger partial charge is 0.330 e. The molecule has 0 saturated heterocycles. The lowest BCUT2D eigenvalue weighted by Crippen LogP contribution is -1.99. The zero-order chi connectivity index (χ0) is 12.0. The Morgan fingerprint density at radius 3 is 2.50 bits per heavy atom. The number of hydrogen-bond donors (Lipinski definition) is 1. The van der Waals surface area contributed by atoms with E-state index in [4.69, 9.17) is 9.84 Å². The molecule has 3 nitrogen and oxygen atoms in total. The molecule has 0 spiro atoms. The summed E-state index contributed by atoms with van der Waals surface area (Å²) < 4.78 is 5.05. The second-order valence-electron chi connectivity index (χ2n) is 3.61. The van der Waals surface area contributed by atoms with Crippen LogP contribution in [0.2, 0.25) is 0 Å². The third-order valence-corrected chi connectivity index (χ3v) is 2.41. The van der Waals surface area contributed by atoms with Gasteiger partial charge in [0.2, 0.25) is 0 Å². The molecular weight excluding hydrogens is 204 g/mol. The van der Waals surface area contributed by atoms with Crippen LogP contribution in [-0.2, 0) is 11.2 Å². The third kappa shape index (κ3) is 3.77. The molecule has 16 heavy (non-hydrogen) atoms. The summed E-state index contributed by atoms with van der Waals surface area (Å²) >= 11 is 0. The van der Waals surface area contributed by atoms with Gasteiger partial charge in [0.1, 0.15) is 5.75 Å². The SMILES string of the molecule is C=C(CCCc1ccc(OC)cc1)C(=O)O. The van der Waals surface area contributed by atoms with Crippen molar-refractivity contribution in [2.75, 3.05) is 7.11 Å². The van der Waals surface area contributed by atoms with Crippen LogP contribution in [0.1, 0.15) is 18.4 Å². The first-order chi connectivity index (χ1) is 7.63. The van der Waals surface area contributed by atoms with Crippen molar-refractivity contribution in [1.29, 1.82) is 0 Å². The largest absolute Gasteiger partial charge is 0.497 e. The number of rotatable bonds is 6. The van der Waals surface area contributed by atoms with Crippen LogP contribution in [0.5, 0.6) is 5.75 Å². The van der Waals surface area contributed by atoms with Crippen LogP contribution in [0, 0.1) is 0 Å². The van der Waals surface area contributed by atoms with Crippen molar-refractivity contribution in [3.8, 4) is 5.75 Å². The summed E-state index contributed by atoms with van der Waals surface area (Å²) in [4.78, 5) is 10.5. The minimum atomic E-state index is -0.908. The highest BCUT2D eigenvalue weighted by molar-refractivity contribution is 5.85. The molecule has 0 saturated carbocycles. The van der Waals surface area contributed by atoms with Gasteiger partial charge in [-0.1, -0.05) is 18.7 Å². The molecular formula is C13H16O3. The van der Waals surface area contributed by atoms with E-state index >= 15 is 0 Å². The Kier molecular flexibility index (Phi) is 4.58. The number of aryl methyl sites for hydroxylation is 1. The first kappa shape index (κ1) is 12.3. The van der Waals surface area contributed by atoms with Crippen molar-refractivity contribution in [2.45, 2.75) is 19.3 Å². The number of carbonyl (C=O) groups is 1. The van der Waals surface area contributed by atoms with E-state index in [1.54, 1.807) is 7.11 Å². The molecule has 0 amide bonds. The zero-order valence-electron chi connectivity index (χ0n) is 9.40. The van der Waals surface area contributed by atoms with E-state index in [0.29, 0.717) is 6.42 Å². The van der Waals surface area contributed by atoms with E-state index < -0.39 is 5.97 Å². The van der Waals surface area contributed by atoms with Crippen LogP contribution >= 0.6 is 0 Å². The Hall–Kier alpha value is -1.77. The number of benzene rings is 1. The first-order valence-corrected chi connectivity index (χ1v) is 5.17. The molecule has 0 atom stereocenters. The van der Waals surface area contributed by atoms with E-state index in [2.05, 4.69) is 6.58 Å². The fraction of sp³-hybridized carbons (Fsp3) is 0.308. The lowest BCUT2D eigenvalue weighted by atomic mass is 10.1. The summed E-state index contributed by atoms with van der Waals surface area (Å²) in [6, 6.07) is 7.79. The molecule has 1 N–H and O–H groups in total. The average Bonchev–Trinajstić information content (AvgIpc) is 2.29. The number of carboxylic acids is 1. The Morgan fingerprint density at radius 1 is 1.38 bits per heavy atom. The molecule has 1 aromatic rings. The third-order valence-electron chi connectivity index (χ3n) is 2.41. The number of aliphatic carboxylic acids is 1. The fourth-order valence-electron chi connectivity index (χ4n) is 1.41. The van der Waals surface area contributed by atoms with Gasteiger partial charge in [-0.25, -0.2) is 4.79 Å². The van der Waals surface area contributed by atoms with Crippen LogP contribution in [-0.4, -0.2) is 18.2 Å². The predicted octanol–water partition coefficient (Wildman–Crippen LogP) is 2.66. The summed E-state index contributed by atoms with van der Waals surface area (Å²) in [6.45, 7) is 3.49. The first-order valence-electron chi connectivity index (χ1n) is 5.17. The lowest BCUT2D eigenvalue weighted by molar-refractivity contribution is -0.132. The van der Waals surface area contributed by atoms with E-state index in [0.717, 1.165) is 18.6 Å². The zero-order valence-corrected chi connectivity index (χ0v) is 9.40. The Bertz CT molecular complexity index is 365. The highest BCUT2D eigenvalue weighted by Gasteiger charge is 2.03. The van der Waals surface area contributed by atoms with Gasteiger partial charge in [-0.05, 0) is 37.0 Å². The normalized spacial score (nSPS) is 9.81. The van der Waals surface area contributed by atoms with E-state index in [1.807, 2.05) is 24.3 Å². The summed E-state index contributed by atoms with van der Waals surface area (Å²) in [7, 11) is 1.63.